The highest BCUT2D eigenvalue weighted by Crippen LogP contribution is 2.53. The highest BCUT2D eigenvalue weighted by molar-refractivity contribution is 5.77. The summed E-state index contributed by atoms with van der Waals surface area (Å²) >= 11 is 0. The van der Waals surface area contributed by atoms with Crippen LogP contribution in [-0.4, -0.2) is 59.1 Å². The van der Waals surface area contributed by atoms with Gasteiger partial charge in [-0.25, -0.2) is 14.0 Å². The molecule has 0 spiro atoms. The standard InChI is InChI=1S/C29H32F7N3O3/c1-17-12-21(30)6-7-22(17)23-16-38(25(41)42-26(2,3)4)10-11-39(23)24(40)37(5)27(8-9-27)18-13-19(28(31,32)33)15-20(14-18)29(34,35)36/h6-7,12-15,23H,8-11,16H2,1-5H3. The Hall–Kier alpha value is -3.51. The lowest BCUT2D eigenvalue weighted by Crippen LogP contribution is -2.57. The first-order valence-corrected chi connectivity index (χ1v) is 13.3. The van der Waals surface area contributed by atoms with Crippen molar-refractivity contribution >= 4 is 12.1 Å². The van der Waals surface area contributed by atoms with Crippen molar-refractivity contribution in [3.8, 4) is 0 Å². The molecule has 0 N–H and O–H groups in total. The Labute approximate surface area is 239 Å². The molecule has 1 saturated heterocycles. The van der Waals surface area contributed by atoms with E-state index in [9.17, 15) is 40.3 Å². The van der Waals surface area contributed by atoms with Crippen LogP contribution < -0.4 is 0 Å². The topological polar surface area (TPSA) is 53.1 Å². The third-order valence-electron chi connectivity index (χ3n) is 7.65. The van der Waals surface area contributed by atoms with Gasteiger partial charge in [0, 0.05) is 26.7 Å². The molecule has 1 heterocycles. The Kier molecular flexibility index (Phi) is 7.96. The molecule has 4 rings (SSSR count). The first-order valence-electron chi connectivity index (χ1n) is 13.3. The first-order chi connectivity index (χ1) is 19.2. The van der Waals surface area contributed by atoms with Crippen molar-refractivity contribution in [1.82, 2.24) is 14.7 Å². The van der Waals surface area contributed by atoms with Crippen LogP contribution >= 0.6 is 0 Å². The fourth-order valence-electron chi connectivity index (χ4n) is 5.32. The van der Waals surface area contributed by atoms with Crippen molar-refractivity contribution in [3.05, 3.63) is 70.0 Å². The smallest absolute Gasteiger partial charge is 0.416 e. The summed E-state index contributed by atoms with van der Waals surface area (Å²) in [6.07, 6.45) is -10.4. The Bertz CT molecular complexity index is 1330. The van der Waals surface area contributed by atoms with Gasteiger partial charge in [0.1, 0.15) is 11.4 Å². The van der Waals surface area contributed by atoms with E-state index in [1.807, 2.05) is 0 Å². The summed E-state index contributed by atoms with van der Waals surface area (Å²) in [7, 11) is 1.34. The number of alkyl halides is 6. The fourth-order valence-corrected chi connectivity index (χ4v) is 5.32. The van der Waals surface area contributed by atoms with Crippen molar-refractivity contribution in [1.29, 1.82) is 0 Å². The molecule has 6 nitrogen and oxygen atoms in total. The average Bonchev–Trinajstić information content (AvgIpc) is 3.67. The zero-order valence-corrected chi connectivity index (χ0v) is 23.8. The van der Waals surface area contributed by atoms with Gasteiger partial charge < -0.3 is 19.4 Å². The van der Waals surface area contributed by atoms with Crippen molar-refractivity contribution in [2.45, 2.75) is 70.1 Å². The number of benzene rings is 2. The largest absolute Gasteiger partial charge is 0.444 e. The van der Waals surface area contributed by atoms with E-state index in [2.05, 4.69) is 0 Å². The number of rotatable bonds is 3. The number of aryl methyl sites for hydroxylation is 1. The highest BCUT2D eigenvalue weighted by atomic mass is 19.4. The maximum Gasteiger partial charge on any atom is 0.416 e. The van der Waals surface area contributed by atoms with Crippen LogP contribution in [0.3, 0.4) is 0 Å². The minimum Gasteiger partial charge on any atom is -0.444 e. The van der Waals surface area contributed by atoms with E-state index in [0.717, 1.165) is 0 Å². The third-order valence-corrected chi connectivity index (χ3v) is 7.65. The number of halogens is 7. The van der Waals surface area contributed by atoms with Crippen LogP contribution in [0, 0.1) is 12.7 Å². The van der Waals surface area contributed by atoms with E-state index in [0.29, 0.717) is 23.3 Å². The van der Waals surface area contributed by atoms with Gasteiger partial charge in [-0.3, -0.25) is 0 Å². The number of piperazine rings is 1. The number of hydrogen-bond donors (Lipinski definition) is 0. The van der Waals surface area contributed by atoms with E-state index < -0.39 is 58.6 Å². The zero-order chi connectivity index (χ0) is 31.4. The molecule has 1 aliphatic carbocycles. The van der Waals surface area contributed by atoms with Crippen LogP contribution in [0.5, 0.6) is 0 Å². The van der Waals surface area contributed by atoms with Gasteiger partial charge in [-0.15, -0.1) is 0 Å². The SMILES string of the molecule is Cc1cc(F)ccc1C1CN(C(=O)OC(C)(C)C)CCN1C(=O)N(C)C1(c2cc(C(F)(F)F)cc(C(F)(F)F)c2)CC1. The summed E-state index contributed by atoms with van der Waals surface area (Å²) in [5.74, 6) is -0.506. The van der Waals surface area contributed by atoms with Gasteiger partial charge in [0.25, 0.3) is 0 Å². The van der Waals surface area contributed by atoms with Gasteiger partial charge in [0.2, 0.25) is 0 Å². The molecule has 1 aliphatic heterocycles. The van der Waals surface area contributed by atoms with Gasteiger partial charge in [-0.05, 0) is 87.6 Å². The number of nitrogens with zero attached hydrogens (tertiary/aromatic N) is 3. The Morgan fingerprint density at radius 2 is 1.50 bits per heavy atom. The van der Waals surface area contributed by atoms with Gasteiger partial charge in [0.15, 0.2) is 0 Å². The maximum atomic E-state index is 14.0. The summed E-state index contributed by atoms with van der Waals surface area (Å²) in [5, 5.41) is 0. The molecule has 230 valence electrons. The monoisotopic (exact) mass is 603 g/mol. The molecule has 0 aromatic heterocycles. The number of ether oxygens (including phenoxy) is 1. The quantitative estimate of drug-likeness (QED) is 0.342. The number of carbonyl (C=O) groups excluding carboxylic acids is 2. The van der Waals surface area contributed by atoms with Crippen molar-refractivity contribution < 1.29 is 45.1 Å². The molecular weight excluding hydrogens is 571 g/mol. The summed E-state index contributed by atoms with van der Waals surface area (Å²) in [5.41, 5.74) is -4.31. The molecule has 13 heteroatoms. The van der Waals surface area contributed by atoms with Gasteiger partial charge >= 0.3 is 24.5 Å². The summed E-state index contributed by atoms with van der Waals surface area (Å²) in [6.45, 7) is 6.80. The molecule has 42 heavy (non-hydrogen) atoms. The van der Waals surface area contributed by atoms with Crippen LogP contribution in [0.15, 0.2) is 36.4 Å². The summed E-state index contributed by atoms with van der Waals surface area (Å²) < 4.78 is 101. The molecule has 0 bridgehead atoms. The lowest BCUT2D eigenvalue weighted by molar-refractivity contribution is -0.143. The molecule has 2 aromatic rings. The average molecular weight is 604 g/mol. The predicted octanol–water partition coefficient (Wildman–Crippen LogP) is 7.51. The summed E-state index contributed by atoms with van der Waals surface area (Å²) in [4.78, 5) is 30.9. The lowest BCUT2D eigenvalue weighted by atomic mass is 9.96. The fraction of sp³-hybridized carbons (Fsp3) is 0.517. The maximum absolute atomic E-state index is 14.0. The molecule has 2 aliphatic rings. The number of carbonyl (C=O) groups is 2. The second-order valence-corrected chi connectivity index (χ2v) is 11.8. The minimum absolute atomic E-state index is 0.00360. The molecule has 3 amide bonds. The van der Waals surface area contributed by atoms with E-state index in [-0.39, 0.29) is 44.1 Å². The predicted molar refractivity (Wildman–Crippen MR) is 139 cm³/mol. The number of urea groups is 1. The molecular formula is C29H32F7N3O3. The van der Waals surface area contributed by atoms with E-state index in [1.54, 1.807) is 27.7 Å². The van der Waals surface area contributed by atoms with Crippen molar-refractivity contribution in [2.75, 3.05) is 26.7 Å². The van der Waals surface area contributed by atoms with Crippen molar-refractivity contribution in [2.24, 2.45) is 0 Å². The Morgan fingerprint density at radius 1 is 0.929 bits per heavy atom. The molecule has 2 fully saturated rings. The van der Waals surface area contributed by atoms with E-state index in [4.69, 9.17) is 4.74 Å². The van der Waals surface area contributed by atoms with Crippen molar-refractivity contribution in [3.63, 3.8) is 0 Å². The lowest BCUT2D eigenvalue weighted by Gasteiger charge is -2.44. The minimum atomic E-state index is -5.03. The van der Waals surface area contributed by atoms with Gasteiger partial charge in [-0.2, -0.15) is 26.3 Å². The number of amides is 3. The van der Waals surface area contributed by atoms with E-state index in [1.165, 1.54) is 39.9 Å². The second kappa shape index (κ2) is 10.6. The van der Waals surface area contributed by atoms with Crippen LogP contribution in [0.1, 0.15) is 67.5 Å². The zero-order valence-electron chi connectivity index (χ0n) is 23.8. The van der Waals surface area contributed by atoms with Gasteiger partial charge in [0.05, 0.1) is 22.7 Å². The Morgan fingerprint density at radius 3 is 1.98 bits per heavy atom. The molecule has 0 radical (unpaired) electrons. The van der Waals surface area contributed by atoms with E-state index >= 15 is 0 Å². The highest BCUT2D eigenvalue weighted by Gasteiger charge is 2.53. The van der Waals surface area contributed by atoms with Gasteiger partial charge in [-0.1, -0.05) is 6.07 Å². The molecule has 1 atom stereocenters. The van der Waals surface area contributed by atoms with Crippen LogP contribution in [0.4, 0.5) is 40.3 Å². The summed E-state index contributed by atoms with van der Waals surface area (Å²) in [6, 6.07) is 3.93. The first kappa shape index (κ1) is 31.4. The van der Waals surface area contributed by atoms with Crippen LogP contribution in [0.25, 0.3) is 0 Å². The Balaban J connectivity index is 1.70. The second-order valence-electron chi connectivity index (χ2n) is 11.8. The van der Waals surface area contributed by atoms with Crippen LogP contribution in [0.2, 0.25) is 0 Å². The third kappa shape index (κ3) is 6.44. The molecule has 1 saturated carbocycles. The van der Waals surface area contributed by atoms with Crippen LogP contribution in [-0.2, 0) is 22.6 Å². The number of hydrogen-bond acceptors (Lipinski definition) is 3. The molecule has 1 unspecified atom stereocenters. The molecule has 2 aromatic carbocycles. The normalized spacial score (nSPS) is 19.0.